The number of methoxy groups -OCH3 is 2. The van der Waals surface area contributed by atoms with Crippen LogP contribution in [0.1, 0.15) is 12.5 Å². The van der Waals surface area contributed by atoms with Crippen molar-refractivity contribution >= 4 is 17.7 Å². The normalized spacial score (nSPS) is 11.7. The molecule has 134 valence electrons. The van der Waals surface area contributed by atoms with Crippen molar-refractivity contribution in [2.45, 2.75) is 23.6 Å². The number of halogens is 2. The summed E-state index contributed by atoms with van der Waals surface area (Å²) in [7, 11) is 3.09. The van der Waals surface area contributed by atoms with Gasteiger partial charge in [0, 0.05) is 11.4 Å². The van der Waals surface area contributed by atoms with E-state index in [0.29, 0.717) is 22.9 Å². The molecule has 2 aromatic rings. The van der Waals surface area contributed by atoms with Gasteiger partial charge in [-0.25, -0.2) is 8.78 Å². The molecule has 0 saturated heterocycles. The molecule has 0 spiro atoms. The van der Waals surface area contributed by atoms with Gasteiger partial charge in [-0.15, -0.1) is 11.8 Å². The highest BCUT2D eigenvalue weighted by Crippen LogP contribution is 2.28. The second kappa shape index (κ2) is 8.71. The van der Waals surface area contributed by atoms with E-state index in [0.717, 1.165) is 29.5 Å². The van der Waals surface area contributed by atoms with Crippen LogP contribution in [0.25, 0.3) is 0 Å². The van der Waals surface area contributed by atoms with Crippen LogP contribution in [0.2, 0.25) is 0 Å². The predicted molar refractivity (Wildman–Crippen MR) is 93.1 cm³/mol. The lowest BCUT2D eigenvalue weighted by atomic mass is 10.2. The van der Waals surface area contributed by atoms with E-state index in [1.54, 1.807) is 33.3 Å². The Labute approximate surface area is 149 Å². The largest absolute Gasteiger partial charge is 0.493 e. The van der Waals surface area contributed by atoms with Gasteiger partial charge in [0.05, 0.1) is 19.5 Å². The number of hydrogen-bond acceptors (Lipinski definition) is 4. The topological polar surface area (TPSA) is 47.6 Å². The Balaban J connectivity index is 1.94. The summed E-state index contributed by atoms with van der Waals surface area (Å²) in [5, 5.41) is 2.36. The van der Waals surface area contributed by atoms with Crippen LogP contribution in [0, 0.1) is 11.6 Å². The summed E-state index contributed by atoms with van der Waals surface area (Å²) >= 11 is 1.16. The van der Waals surface area contributed by atoms with Crippen LogP contribution >= 0.6 is 11.8 Å². The summed E-state index contributed by atoms with van der Waals surface area (Å²) in [4.78, 5) is 12.7. The Kier molecular flexibility index (Phi) is 6.64. The van der Waals surface area contributed by atoms with Crippen LogP contribution in [0.15, 0.2) is 41.3 Å². The van der Waals surface area contributed by atoms with E-state index in [4.69, 9.17) is 9.47 Å². The van der Waals surface area contributed by atoms with Gasteiger partial charge in [0.2, 0.25) is 5.91 Å². The van der Waals surface area contributed by atoms with Gasteiger partial charge in [0.1, 0.15) is 0 Å². The van der Waals surface area contributed by atoms with E-state index in [9.17, 15) is 13.6 Å². The molecule has 4 nitrogen and oxygen atoms in total. The quantitative estimate of drug-likeness (QED) is 0.757. The van der Waals surface area contributed by atoms with E-state index in [2.05, 4.69) is 5.32 Å². The van der Waals surface area contributed by atoms with Crippen molar-refractivity contribution in [3.8, 4) is 11.5 Å². The molecule has 0 saturated carbocycles. The maximum absolute atomic E-state index is 13.2. The van der Waals surface area contributed by atoms with E-state index in [-0.39, 0.29) is 5.91 Å². The molecule has 2 aromatic carbocycles. The Hall–Kier alpha value is -2.28. The van der Waals surface area contributed by atoms with Crippen molar-refractivity contribution in [2.24, 2.45) is 0 Å². The number of benzene rings is 2. The molecule has 25 heavy (non-hydrogen) atoms. The molecule has 0 bridgehead atoms. The molecule has 1 amide bonds. The molecule has 1 unspecified atom stereocenters. The summed E-state index contributed by atoms with van der Waals surface area (Å²) in [6, 6.07) is 8.95. The molecular weight excluding hydrogens is 348 g/mol. The molecule has 0 aliphatic rings. The van der Waals surface area contributed by atoms with Gasteiger partial charge >= 0.3 is 0 Å². The highest BCUT2D eigenvalue weighted by Gasteiger charge is 2.15. The van der Waals surface area contributed by atoms with Crippen molar-refractivity contribution in [3.63, 3.8) is 0 Å². The second-order valence-corrected chi connectivity index (χ2v) is 6.66. The second-order valence-electron chi connectivity index (χ2n) is 5.24. The van der Waals surface area contributed by atoms with E-state index in [1.807, 2.05) is 6.07 Å². The zero-order valence-electron chi connectivity index (χ0n) is 14.1. The molecule has 1 atom stereocenters. The minimum Gasteiger partial charge on any atom is -0.493 e. The third-order valence-corrected chi connectivity index (χ3v) is 4.58. The third-order valence-electron chi connectivity index (χ3n) is 3.49. The minimum atomic E-state index is -0.928. The van der Waals surface area contributed by atoms with Gasteiger partial charge in [-0.05, 0) is 42.8 Å². The molecular formula is C18H19F2NO3S. The minimum absolute atomic E-state index is 0.204. The maximum atomic E-state index is 13.2. The molecule has 0 fully saturated rings. The first-order chi connectivity index (χ1) is 11.9. The highest BCUT2D eigenvalue weighted by molar-refractivity contribution is 8.00. The van der Waals surface area contributed by atoms with Gasteiger partial charge in [-0.1, -0.05) is 6.07 Å². The lowest BCUT2D eigenvalue weighted by molar-refractivity contribution is -0.120. The number of carbonyl (C=O) groups is 1. The highest BCUT2D eigenvalue weighted by atomic mass is 32.2. The average molecular weight is 367 g/mol. The van der Waals surface area contributed by atoms with Crippen LogP contribution in [0.4, 0.5) is 8.78 Å². The van der Waals surface area contributed by atoms with Crippen molar-refractivity contribution < 1.29 is 23.0 Å². The first kappa shape index (κ1) is 19.1. The van der Waals surface area contributed by atoms with Crippen molar-refractivity contribution in [1.82, 2.24) is 5.32 Å². The zero-order valence-corrected chi connectivity index (χ0v) is 15.0. The Morgan fingerprint density at radius 3 is 2.44 bits per heavy atom. The lowest BCUT2D eigenvalue weighted by Gasteiger charge is -2.13. The summed E-state index contributed by atoms with van der Waals surface area (Å²) in [6.07, 6.45) is 0. The predicted octanol–water partition coefficient (Wildman–Crippen LogP) is 3.78. The number of amides is 1. The molecule has 0 aromatic heterocycles. The Morgan fingerprint density at radius 2 is 1.80 bits per heavy atom. The molecule has 7 heteroatoms. The van der Waals surface area contributed by atoms with Crippen LogP contribution in [-0.2, 0) is 11.3 Å². The smallest absolute Gasteiger partial charge is 0.233 e. The lowest BCUT2D eigenvalue weighted by Crippen LogP contribution is -2.30. The third kappa shape index (κ3) is 5.09. The fourth-order valence-corrected chi connectivity index (χ4v) is 3.05. The molecule has 1 N–H and O–H groups in total. The van der Waals surface area contributed by atoms with Crippen molar-refractivity contribution in [1.29, 1.82) is 0 Å². The van der Waals surface area contributed by atoms with Gasteiger partial charge in [-0.2, -0.15) is 0 Å². The summed E-state index contributed by atoms with van der Waals surface area (Å²) in [6.45, 7) is 2.03. The standard InChI is InChI=1S/C18H19F2NO3S/c1-11(25-13-5-6-14(19)15(20)9-13)18(22)21-10-12-4-7-16(23-2)17(8-12)24-3/h4-9,11H,10H2,1-3H3,(H,21,22). The summed E-state index contributed by atoms with van der Waals surface area (Å²) in [5.41, 5.74) is 0.857. The summed E-state index contributed by atoms with van der Waals surface area (Å²) in [5.74, 6) is -0.847. The van der Waals surface area contributed by atoms with Gasteiger partial charge in [-0.3, -0.25) is 4.79 Å². The molecule has 0 aliphatic carbocycles. The number of carbonyl (C=O) groups excluding carboxylic acids is 1. The fourth-order valence-electron chi connectivity index (χ4n) is 2.13. The van der Waals surface area contributed by atoms with Crippen LogP contribution in [0.3, 0.4) is 0 Å². The molecule has 0 aliphatic heterocycles. The molecule has 2 rings (SSSR count). The van der Waals surface area contributed by atoms with Gasteiger partial charge in [0.25, 0.3) is 0 Å². The van der Waals surface area contributed by atoms with Crippen molar-refractivity contribution in [2.75, 3.05) is 14.2 Å². The van der Waals surface area contributed by atoms with Crippen LogP contribution < -0.4 is 14.8 Å². The summed E-state index contributed by atoms with van der Waals surface area (Å²) < 4.78 is 36.5. The fraction of sp³-hybridized carbons (Fsp3) is 0.278. The monoisotopic (exact) mass is 367 g/mol. The SMILES string of the molecule is COc1ccc(CNC(=O)C(C)Sc2ccc(F)c(F)c2)cc1OC. The van der Waals surface area contributed by atoms with Crippen LogP contribution in [0.5, 0.6) is 11.5 Å². The van der Waals surface area contributed by atoms with Gasteiger partial charge in [0.15, 0.2) is 23.1 Å². The van der Waals surface area contributed by atoms with E-state index >= 15 is 0 Å². The number of hydrogen-bond donors (Lipinski definition) is 1. The molecule has 0 radical (unpaired) electrons. The number of rotatable bonds is 7. The number of nitrogens with one attached hydrogen (secondary N) is 1. The first-order valence-corrected chi connectivity index (χ1v) is 8.43. The van der Waals surface area contributed by atoms with E-state index < -0.39 is 16.9 Å². The van der Waals surface area contributed by atoms with Crippen molar-refractivity contribution in [3.05, 3.63) is 53.6 Å². The maximum Gasteiger partial charge on any atom is 0.233 e. The first-order valence-electron chi connectivity index (χ1n) is 7.55. The number of thioether (sulfide) groups is 1. The zero-order chi connectivity index (χ0) is 18.4. The Morgan fingerprint density at radius 1 is 1.08 bits per heavy atom. The van der Waals surface area contributed by atoms with E-state index in [1.165, 1.54) is 6.07 Å². The van der Waals surface area contributed by atoms with Crippen LogP contribution in [-0.4, -0.2) is 25.4 Å². The Bertz CT molecular complexity index is 755. The average Bonchev–Trinajstić information content (AvgIpc) is 2.62. The molecule has 0 heterocycles. The number of ether oxygens (including phenoxy) is 2. The van der Waals surface area contributed by atoms with Gasteiger partial charge < -0.3 is 14.8 Å².